The number of rotatable bonds is 7. The number of nitrogens with one attached hydrogen (secondary N) is 1. The number of primary amides is 1. The zero-order valence-corrected chi connectivity index (χ0v) is 18.2. The van der Waals surface area contributed by atoms with Crippen LogP contribution in [0.15, 0.2) is 47.2 Å². The van der Waals surface area contributed by atoms with Crippen molar-refractivity contribution < 1.29 is 9.59 Å². The Hall–Kier alpha value is -2.55. The van der Waals surface area contributed by atoms with Crippen LogP contribution in [0.1, 0.15) is 28.9 Å². The second-order valence-corrected chi connectivity index (χ2v) is 9.24. The van der Waals surface area contributed by atoms with Crippen LogP contribution in [0.4, 0.5) is 5.69 Å². The molecule has 0 bridgehead atoms. The summed E-state index contributed by atoms with van der Waals surface area (Å²) >= 11 is 3.09. The van der Waals surface area contributed by atoms with Gasteiger partial charge in [0.25, 0.3) is 5.91 Å². The van der Waals surface area contributed by atoms with Gasteiger partial charge in [0.05, 0.1) is 4.88 Å². The van der Waals surface area contributed by atoms with Gasteiger partial charge in [-0.25, -0.2) is 4.98 Å². The van der Waals surface area contributed by atoms with Gasteiger partial charge in [-0.1, -0.05) is 18.2 Å². The average Bonchev–Trinajstić information content (AvgIpc) is 3.45. The Bertz CT molecular complexity index is 991. The molecular weight excluding hydrogens is 416 g/mol. The van der Waals surface area contributed by atoms with Crippen LogP contribution in [-0.2, 0) is 11.2 Å². The van der Waals surface area contributed by atoms with Crippen molar-refractivity contribution in [1.29, 1.82) is 0 Å². The van der Waals surface area contributed by atoms with Crippen LogP contribution in [0.5, 0.6) is 0 Å². The number of likely N-dealkylation sites (tertiary alicyclic amines) is 1. The first-order chi connectivity index (χ1) is 14.6. The number of benzene rings is 1. The minimum Gasteiger partial charge on any atom is -0.369 e. The Labute approximate surface area is 183 Å². The van der Waals surface area contributed by atoms with E-state index in [1.807, 2.05) is 41.8 Å². The Morgan fingerprint density at radius 1 is 1.13 bits per heavy atom. The maximum atomic E-state index is 12.5. The van der Waals surface area contributed by atoms with Gasteiger partial charge in [-0.2, -0.15) is 0 Å². The molecule has 156 valence electrons. The van der Waals surface area contributed by atoms with E-state index < -0.39 is 0 Å². The van der Waals surface area contributed by atoms with E-state index >= 15 is 0 Å². The minimum absolute atomic E-state index is 0.0308. The number of hydrogen-bond donors (Lipinski definition) is 2. The molecule has 0 radical (unpaired) electrons. The lowest BCUT2D eigenvalue weighted by Crippen LogP contribution is -2.39. The molecule has 3 heterocycles. The first-order valence-electron chi connectivity index (χ1n) is 10.00. The Kier molecular flexibility index (Phi) is 6.56. The Morgan fingerprint density at radius 3 is 2.57 bits per heavy atom. The molecule has 1 aliphatic heterocycles. The van der Waals surface area contributed by atoms with E-state index in [0.717, 1.165) is 54.5 Å². The molecule has 8 heteroatoms. The van der Waals surface area contributed by atoms with E-state index in [0.29, 0.717) is 5.69 Å². The molecule has 0 saturated carbocycles. The van der Waals surface area contributed by atoms with Crippen LogP contribution < -0.4 is 11.1 Å². The van der Waals surface area contributed by atoms with Crippen LogP contribution in [0.3, 0.4) is 0 Å². The summed E-state index contributed by atoms with van der Waals surface area (Å²) in [6.45, 7) is 2.80. The summed E-state index contributed by atoms with van der Waals surface area (Å²) in [5, 5.41) is 7.58. The second-order valence-electron chi connectivity index (χ2n) is 7.43. The quantitative estimate of drug-likeness (QED) is 0.584. The van der Waals surface area contributed by atoms with Gasteiger partial charge in [0.15, 0.2) is 0 Å². The number of anilines is 1. The number of aromatic nitrogens is 1. The number of carbonyl (C=O) groups excluding carboxylic acids is 2. The van der Waals surface area contributed by atoms with Crippen LogP contribution >= 0.6 is 22.7 Å². The maximum absolute atomic E-state index is 12.5. The topological polar surface area (TPSA) is 88.3 Å². The fourth-order valence-corrected chi connectivity index (χ4v) is 5.18. The maximum Gasteiger partial charge on any atom is 0.275 e. The van der Waals surface area contributed by atoms with Gasteiger partial charge in [0.1, 0.15) is 10.7 Å². The van der Waals surface area contributed by atoms with Gasteiger partial charge in [0.2, 0.25) is 5.91 Å². The highest BCUT2D eigenvalue weighted by molar-refractivity contribution is 7.20. The van der Waals surface area contributed by atoms with E-state index in [1.54, 1.807) is 16.7 Å². The highest BCUT2D eigenvalue weighted by Crippen LogP contribution is 2.28. The number of thiazole rings is 1. The summed E-state index contributed by atoms with van der Waals surface area (Å²) < 4.78 is 0. The molecule has 0 atom stereocenters. The third-order valence-electron chi connectivity index (χ3n) is 5.39. The minimum atomic E-state index is -0.195. The fourth-order valence-electron chi connectivity index (χ4n) is 3.57. The molecule has 0 spiro atoms. The predicted octanol–water partition coefficient (Wildman–Crippen LogP) is 3.86. The SMILES string of the molecule is NC(=O)C1CCN(CCc2ccc(NC(=O)c3csc(-c4cccs4)n3)cc2)CC1. The van der Waals surface area contributed by atoms with Crippen molar-refractivity contribution in [2.45, 2.75) is 19.3 Å². The molecule has 0 unspecified atom stereocenters. The molecule has 1 aromatic carbocycles. The van der Waals surface area contributed by atoms with Crippen molar-refractivity contribution in [3.8, 4) is 9.88 Å². The molecule has 6 nitrogen and oxygen atoms in total. The monoisotopic (exact) mass is 440 g/mol. The smallest absolute Gasteiger partial charge is 0.275 e. The van der Waals surface area contributed by atoms with Gasteiger partial charge < -0.3 is 16.0 Å². The molecular formula is C22H24N4O2S2. The van der Waals surface area contributed by atoms with Crippen molar-refractivity contribution >= 4 is 40.2 Å². The molecule has 1 saturated heterocycles. The van der Waals surface area contributed by atoms with Crippen molar-refractivity contribution in [2.24, 2.45) is 11.7 Å². The lowest BCUT2D eigenvalue weighted by molar-refractivity contribution is -0.123. The zero-order chi connectivity index (χ0) is 20.9. The van der Waals surface area contributed by atoms with Crippen LogP contribution in [-0.4, -0.2) is 41.3 Å². The number of amides is 2. The van der Waals surface area contributed by atoms with Crippen molar-refractivity contribution in [3.63, 3.8) is 0 Å². The molecule has 3 aromatic rings. The third kappa shape index (κ3) is 5.13. The van der Waals surface area contributed by atoms with Gasteiger partial charge in [0, 0.05) is 23.5 Å². The number of nitrogens with zero attached hydrogens (tertiary/aromatic N) is 2. The van der Waals surface area contributed by atoms with E-state index in [9.17, 15) is 9.59 Å². The molecule has 1 fully saturated rings. The molecule has 2 amide bonds. The number of carbonyl (C=O) groups is 2. The van der Waals surface area contributed by atoms with Crippen LogP contribution in [0.25, 0.3) is 9.88 Å². The Morgan fingerprint density at radius 2 is 1.90 bits per heavy atom. The largest absolute Gasteiger partial charge is 0.369 e. The lowest BCUT2D eigenvalue weighted by Gasteiger charge is -2.30. The average molecular weight is 441 g/mol. The molecule has 1 aliphatic rings. The summed E-state index contributed by atoms with van der Waals surface area (Å²) in [4.78, 5) is 31.6. The number of thiophene rings is 1. The highest BCUT2D eigenvalue weighted by Gasteiger charge is 2.22. The highest BCUT2D eigenvalue weighted by atomic mass is 32.1. The molecule has 3 N–H and O–H groups in total. The van der Waals surface area contributed by atoms with Crippen LogP contribution in [0, 0.1) is 5.92 Å². The van der Waals surface area contributed by atoms with Gasteiger partial charge in [-0.15, -0.1) is 22.7 Å². The number of piperidine rings is 1. The second kappa shape index (κ2) is 9.51. The zero-order valence-electron chi connectivity index (χ0n) is 16.5. The van der Waals surface area contributed by atoms with Crippen molar-refractivity contribution in [3.05, 3.63) is 58.4 Å². The fraction of sp³-hybridized carbons (Fsp3) is 0.318. The van der Waals surface area contributed by atoms with Gasteiger partial charge in [-0.3, -0.25) is 9.59 Å². The standard InChI is InChI=1S/C22H24N4O2S2/c23-20(27)16-8-11-26(12-9-16)10-7-15-3-5-17(6-4-15)24-21(28)18-14-30-22(25-18)19-2-1-13-29-19/h1-6,13-14,16H,7-12H2,(H2,23,27)(H,24,28). The van der Waals surface area contributed by atoms with Crippen LogP contribution in [0.2, 0.25) is 0 Å². The Balaban J connectivity index is 1.27. The molecule has 2 aromatic heterocycles. The van der Waals surface area contributed by atoms with Crippen molar-refractivity contribution in [1.82, 2.24) is 9.88 Å². The number of nitrogens with two attached hydrogens (primary N) is 1. The van der Waals surface area contributed by atoms with Gasteiger partial charge >= 0.3 is 0 Å². The summed E-state index contributed by atoms with van der Waals surface area (Å²) in [6.07, 6.45) is 2.64. The van der Waals surface area contributed by atoms with E-state index in [-0.39, 0.29) is 17.7 Å². The van der Waals surface area contributed by atoms with E-state index in [2.05, 4.69) is 15.2 Å². The predicted molar refractivity (Wildman–Crippen MR) is 122 cm³/mol. The first kappa shape index (κ1) is 20.7. The summed E-state index contributed by atoms with van der Waals surface area (Å²) in [5.41, 5.74) is 7.82. The summed E-state index contributed by atoms with van der Waals surface area (Å²) in [6, 6.07) is 11.9. The lowest BCUT2D eigenvalue weighted by atomic mass is 9.96. The van der Waals surface area contributed by atoms with E-state index in [4.69, 9.17) is 5.73 Å². The normalized spacial score (nSPS) is 15.2. The number of hydrogen-bond acceptors (Lipinski definition) is 6. The van der Waals surface area contributed by atoms with E-state index in [1.165, 1.54) is 16.9 Å². The summed E-state index contributed by atoms with van der Waals surface area (Å²) in [5.74, 6) is -0.338. The summed E-state index contributed by atoms with van der Waals surface area (Å²) in [7, 11) is 0. The molecule has 30 heavy (non-hydrogen) atoms. The molecule has 0 aliphatic carbocycles. The molecule has 4 rings (SSSR count). The first-order valence-corrected chi connectivity index (χ1v) is 11.8. The van der Waals surface area contributed by atoms with Crippen molar-refractivity contribution in [2.75, 3.05) is 25.0 Å². The third-order valence-corrected chi connectivity index (χ3v) is 7.27. The van der Waals surface area contributed by atoms with Gasteiger partial charge in [-0.05, 0) is 61.5 Å².